The smallest absolute Gasteiger partial charge is 0.137 e. The first-order chi connectivity index (χ1) is 5.27. The van der Waals surface area contributed by atoms with Crippen LogP contribution in [0.15, 0.2) is 17.2 Å². The monoisotopic (exact) mass is 153 g/mol. The second-order valence-electron chi connectivity index (χ2n) is 2.29. The standard InChI is InChI=1S/C8H11NO2/c1-3-7-4-8(9-11-7)6(2)5-10/h4,10H,2-3,5H2,1H3. The fourth-order valence-corrected chi connectivity index (χ4v) is 0.727. The first-order valence-corrected chi connectivity index (χ1v) is 3.52. The van der Waals surface area contributed by atoms with Gasteiger partial charge in [0.2, 0.25) is 0 Å². The third kappa shape index (κ3) is 1.68. The normalized spacial score (nSPS) is 10.0. The summed E-state index contributed by atoms with van der Waals surface area (Å²) < 4.78 is 4.91. The third-order valence-electron chi connectivity index (χ3n) is 1.46. The molecule has 0 radical (unpaired) electrons. The number of aliphatic hydroxyl groups excluding tert-OH is 1. The Morgan fingerprint density at radius 3 is 3.00 bits per heavy atom. The van der Waals surface area contributed by atoms with E-state index in [2.05, 4.69) is 11.7 Å². The minimum atomic E-state index is -0.0737. The molecule has 0 saturated heterocycles. The number of aryl methyl sites for hydroxylation is 1. The molecule has 0 aliphatic rings. The van der Waals surface area contributed by atoms with E-state index in [0.29, 0.717) is 11.3 Å². The first kappa shape index (κ1) is 8.01. The van der Waals surface area contributed by atoms with E-state index in [4.69, 9.17) is 9.63 Å². The van der Waals surface area contributed by atoms with E-state index >= 15 is 0 Å². The van der Waals surface area contributed by atoms with Crippen molar-refractivity contribution in [3.8, 4) is 0 Å². The van der Waals surface area contributed by atoms with E-state index in [0.717, 1.165) is 12.2 Å². The maximum Gasteiger partial charge on any atom is 0.137 e. The second-order valence-corrected chi connectivity index (χ2v) is 2.29. The molecule has 0 unspecified atom stereocenters. The Kier molecular flexibility index (Phi) is 2.44. The minimum absolute atomic E-state index is 0.0737. The SMILES string of the molecule is C=C(CO)c1cc(CC)on1. The molecule has 0 bridgehead atoms. The van der Waals surface area contributed by atoms with Gasteiger partial charge in [-0.15, -0.1) is 0 Å². The number of aromatic nitrogens is 1. The number of hydrogen-bond donors (Lipinski definition) is 1. The predicted molar refractivity (Wildman–Crippen MR) is 42.0 cm³/mol. The molecule has 0 amide bonds. The van der Waals surface area contributed by atoms with Crippen molar-refractivity contribution in [3.05, 3.63) is 24.1 Å². The lowest BCUT2D eigenvalue weighted by molar-refractivity contribution is 0.347. The molecule has 1 aromatic heterocycles. The fraction of sp³-hybridized carbons (Fsp3) is 0.375. The van der Waals surface area contributed by atoms with Gasteiger partial charge in [0.1, 0.15) is 11.5 Å². The molecule has 0 saturated carbocycles. The van der Waals surface area contributed by atoms with Crippen LogP contribution in [0.25, 0.3) is 5.57 Å². The second kappa shape index (κ2) is 3.34. The molecule has 11 heavy (non-hydrogen) atoms. The topological polar surface area (TPSA) is 46.3 Å². The van der Waals surface area contributed by atoms with E-state index < -0.39 is 0 Å². The summed E-state index contributed by atoms with van der Waals surface area (Å²) >= 11 is 0. The van der Waals surface area contributed by atoms with Gasteiger partial charge in [-0.25, -0.2) is 0 Å². The van der Waals surface area contributed by atoms with Gasteiger partial charge in [-0.3, -0.25) is 0 Å². The maximum absolute atomic E-state index is 8.69. The maximum atomic E-state index is 8.69. The quantitative estimate of drug-likeness (QED) is 0.710. The van der Waals surface area contributed by atoms with Gasteiger partial charge in [0, 0.05) is 12.5 Å². The zero-order chi connectivity index (χ0) is 8.27. The van der Waals surface area contributed by atoms with Crippen LogP contribution in [0.4, 0.5) is 0 Å². The molecule has 3 heteroatoms. The molecule has 0 fully saturated rings. The Morgan fingerprint density at radius 2 is 2.55 bits per heavy atom. The third-order valence-corrected chi connectivity index (χ3v) is 1.46. The van der Waals surface area contributed by atoms with Crippen molar-refractivity contribution in [2.75, 3.05) is 6.61 Å². The van der Waals surface area contributed by atoms with Crippen LogP contribution in [0.3, 0.4) is 0 Å². The van der Waals surface area contributed by atoms with Crippen LogP contribution in [-0.2, 0) is 6.42 Å². The summed E-state index contributed by atoms with van der Waals surface area (Å²) in [7, 11) is 0. The molecule has 1 aromatic rings. The van der Waals surface area contributed by atoms with E-state index in [1.165, 1.54) is 0 Å². The van der Waals surface area contributed by atoms with Gasteiger partial charge in [-0.2, -0.15) is 0 Å². The van der Waals surface area contributed by atoms with E-state index in [9.17, 15) is 0 Å². The van der Waals surface area contributed by atoms with E-state index in [1.54, 1.807) is 6.07 Å². The van der Waals surface area contributed by atoms with Crippen LogP contribution in [-0.4, -0.2) is 16.9 Å². The lowest BCUT2D eigenvalue weighted by Gasteiger charge is -1.90. The molecule has 3 nitrogen and oxygen atoms in total. The zero-order valence-electron chi connectivity index (χ0n) is 6.50. The highest BCUT2D eigenvalue weighted by atomic mass is 16.5. The molecule has 0 aliphatic heterocycles. The van der Waals surface area contributed by atoms with Gasteiger partial charge in [0.25, 0.3) is 0 Å². The van der Waals surface area contributed by atoms with Crippen molar-refractivity contribution in [1.29, 1.82) is 0 Å². The number of hydrogen-bond acceptors (Lipinski definition) is 3. The van der Waals surface area contributed by atoms with Crippen LogP contribution in [0, 0.1) is 0 Å². The molecule has 1 N–H and O–H groups in total. The summed E-state index contributed by atoms with van der Waals surface area (Å²) in [5.41, 5.74) is 1.23. The summed E-state index contributed by atoms with van der Waals surface area (Å²) in [5.74, 6) is 0.814. The van der Waals surface area contributed by atoms with Crippen LogP contribution in [0.1, 0.15) is 18.4 Å². The lowest BCUT2D eigenvalue weighted by Crippen LogP contribution is -1.86. The van der Waals surface area contributed by atoms with Crippen molar-refractivity contribution in [2.45, 2.75) is 13.3 Å². The molecule has 1 heterocycles. The number of nitrogens with zero attached hydrogens (tertiary/aromatic N) is 1. The summed E-state index contributed by atoms with van der Waals surface area (Å²) in [6, 6.07) is 1.79. The van der Waals surface area contributed by atoms with Gasteiger partial charge in [0.15, 0.2) is 0 Å². The summed E-state index contributed by atoms with van der Waals surface area (Å²) in [5, 5.41) is 12.4. The Hall–Kier alpha value is -1.09. The molecule has 0 spiro atoms. The zero-order valence-corrected chi connectivity index (χ0v) is 6.50. The van der Waals surface area contributed by atoms with Crippen molar-refractivity contribution in [3.63, 3.8) is 0 Å². The molecule has 60 valence electrons. The van der Waals surface area contributed by atoms with Crippen LogP contribution >= 0.6 is 0 Å². The molecule has 1 rings (SSSR count). The summed E-state index contributed by atoms with van der Waals surface area (Å²) in [6.07, 6.45) is 0.811. The Balaban J connectivity index is 2.80. The summed E-state index contributed by atoms with van der Waals surface area (Å²) in [4.78, 5) is 0. The predicted octanol–water partition coefficient (Wildman–Crippen LogP) is 1.24. The average Bonchev–Trinajstić information content (AvgIpc) is 2.50. The van der Waals surface area contributed by atoms with Gasteiger partial charge in [0.05, 0.1) is 6.61 Å². The highest BCUT2D eigenvalue weighted by Crippen LogP contribution is 2.11. The summed E-state index contributed by atoms with van der Waals surface area (Å²) in [6.45, 7) is 5.52. The number of rotatable bonds is 3. The Bertz CT molecular complexity index is 252. The van der Waals surface area contributed by atoms with E-state index in [-0.39, 0.29) is 6.61 Å². The minimum Gasteiger partial charge on any atom is -0.392 e. The van der Waals surface area contributed by atoms with Gasteiger partial charge >= 0.3 is 0 Å². The highest BCUT2D eigenvalue weighted by Gasteiger charge is 2.03. The van der Waals surface area contributed by atoms with Gasteiger partial charge < -0.3 is 9.63 Å². The largest absolute Gasteiger partial charge is 0.392 e. The van der Waals surface area contributed by atoms with Crippen molar-refractivity contribution < 1.29 is 9.63 Å². The average molecular weight is 153 g/mol. The molecule has 0 aliphatic carbocycles. The van der Waals surface area contributed by atoms with E-state index in [1.807, 2.05) is 6.92 Å². The van der Waals surface area contributed by atoms with Gasteiger partial charge in [-0.1, -0.05) is 18.7 Å². The number of aliphatic hydroxyl groups is 1. The van der Waals surface area contributed by atoms with Crippen LogP contribution in [0.2, 0.25) is 0 Å². The van der Waals surface area contributed by atoms with Crippen molar-refractivity contribution in [2.24, 2.45) is 0 Å². The fourth-order valence-electron chi connectivity index (χ4n) is 0.727. The lowest BCUT2D eigenvalue weighted by atomic mass is 10.2. The van der Waals surface area contributed by atoms with Crippen LogP contribution in [0.5, 0.6) is 0 Å². The molecule has 0 aromatic carbocycles. The van der Waals surface area contributed by atoms with Crippen molar-refractivity contribution >= 4 is 5.57 Å². The van der Waals surface area contributed by atoms with Gasteiger partial charge in [-0.05, 0) is 5.57 Å². The first-order valence-electron chi connectivity index (χ1n) is 3.52. The highest BCUT2D eigenvalue weighted by molar-refractivity contribution is 5.60. The molecular weight excluding hydrogens is 142 g/mol. The van der Waals surface area contributed by atoms with Crippen molar-refractivity contribution in [1.82, 2.24) is 5.16 Å². The molecule has 0 atom stereocenters. The molecular formula is C8H11NO2. The Morgan fingerprint density at radius 1 is 1.82 bits per heavy atom. The van der Waals surface area contributed by atoms with Crippen LogP contribution < -0.4 is 0 Å². The Labute approximate surface area is 65.3 Å².